The van der Waals surface area contributed by atoms with Gasteiger partial charge in [0.1, 0.15) is 0 Å². The van der Waals surface area contributed by atoms with Crippen LogP contribution in [0.5, 0.6) is 0 Å². The Kier molecular flexibility index (Phi) is 7.25. The summed E-state index contributed by atoms with van der Waals surface area (Å²) < 4.78 is 0. The van der Waals surface area contributed by atoms with Crippen LogP contribution < -0.4 is 5.73 Å². The van der Waals surface area contributed by atoms with Gasteiger partial charge in [0.25, 0.3) is 0 Å². The highest BCUT2D eigenvalue weighted by Crippen LogP contribution is 1.98. The maximum absolute atomic E-state index is 11.9. The molecule has 0 aromatic carbocycles. The van der Waals surface area contributed by atoms with Crippen LogP contribution in [0.2, 0.25) is 0 Å². The van der Waals surface area contributed by atoms with Crippen molar-refractivity contribution in [3.05, 3.63) is 0 Å². The van der Waals surface area contributed by atoms with Crippen molar-refractivity contribution in [1.82, 2.24) is 9.80 Å². The third-order valence-corrected chi connectivity index (χ3v) is 2.58. The molecule has 4 nitrogen and oxygen atoms in total. The molecule has 0 spiro atoms. The number of thiocarbonyl (C=S) groups is 1. The van der Waals surface area contributed by atoms with Crippen molar-refractivity contribution < 1.29 is 4.79 Å². The molecule has 0 radical (unpaired) electrons. The molecule has 0 aromatic rings. The second-order valence-electron chi connectivity index (χ2n) is 4.28. The highest BCUT2D eigenvalue weighted by atomic mass is 32.1. The summed E-state index contributed by atoms with van der Waals surface area (Å²) in [6.45, 7) is 7.81. The SMILES string of the molecule is CCCN(CC(=O)N(C)C(C)C)CC(N)=S. The van der Waals surface area contributed by atoms with Gasteiger partial charge in [-0.1, -0.05) is 19.1 Å². The minimum atomic E-state index is 0.111. The third kappa shape index (κ3) is 6.02. The lowest BCUT2D eigenvalue weighted by atomic mass is 10.3. The maximum Gasteiger partial charge on any atom is 0.236 e. The van der Waals surface area contributed by atoms with E-state index in [1.807, 2.05) is 25.8 Å². The van der Waals surface area contributed by atoms with Gasteiger partial charge >= 0.3 is 0 Å². The normalized spacial score (nSPS) is 10.9. The third-order valence-electron chi connectivity index (χ3n) is 2.45. The van der Waals surface area contributed by atoms with E-state index in [4.69, 9.17) is 18.0 Å². The summed E-state index contributed by atoms with van der Waals surface area (Å²) in [5, 5.41) is 0. The van der Waals surface area contributed by atoms with Crippen molar-refractivity contribution in [2.24, 2.45) is 5.73 Å². The standard InChI is InChI=1S/C11H23N3OS/c1-5-6-14(7-10(12)16)8-11(15)13(4)9(2)3/h9H,5-8H2,1-4H3,(H2,12,16). The predicted molar refractivity (Wildman–Crippen MR) is 71.4 cm³/mol. The van der Waals surface area contributed by atoms with Crippen molar-refractivity contribution in [2.45, 2.75) is 33.2 Å². The maximum atomic E-state index is 11.9. The van der Waals surface area contributed by atoms with Crippen LogP contribution in [-0.4, -0.2) is 53.4 Å². The zero-order valence-corrected chi connectivity index (χ0v) is 11.5. The van der Waals surface area contributed by atoms with Gasteiger partial charge in [-0.05, 0) is 26.8 Å². The number of carbonyl (C=O) groups is 1. The molecule has 0 aliphatic carbocycles. The van der Waals surface area contributed by atoms with Gasteiger partial charge in [-0.2, -0.15) is 0 Å². The molecule has 0 aromatic heterocycles. The fourth-order valence-electron chi connectivity index (χ4n) is 1.34. The number of rotatable bonds is 7. The Bertz CT molecular complexity index is 243. The molecule has 0 atom stereocenters. The van der Waals surface area contributed by atoms with Gasteiger partial charge in [0, 0.05) is 19.6 Å². The topological polar surface area (TPSA) is 49.6 Å². The van der Waals surface area contributed by atoms with Gasteiger partial charge in [0.05, 0.1) is 11.5 Å². The van der Waals surface area contributed by atoms with E-state index in [0.29, 0.717) is 18.1 Å². The van der Waals surface area contributed by atoms with Gasteiger partial charge in [-0.3, -0.25) is 9.69 Å². The van der Waals surface area contributed by atoms with E-state index in [0.717, 1.165) is 13.0 Å². The second-order valence-corrected chi connectivity index (χ2v) is 4.80. The molecule has 0 unspecified atom stereocenters. The van der Waals surface area contributed by atoms with Crippen LogP contribution in [-0.2, 0) is 4.79 Å². The Morgan fingerprint density at radius 3 is 2.31 bits per heavy atom. The smallest absolute Gasteiger partial charge is 0.236 e. The van der Waals surface area contributed by atoms with Gasteiger partial charge < -0.3 is 10.6 Å². The van der Waals surface area contributed by atoms with Crippen molar-refractivity contribution >= 4 is 23.1 Å². The van der Waals surface area contributed by atoms with E-state index in [-0.39, 0.29) is 11.9 Å². The van der Waals surface area contributed by atoms with Crippen molar-refractivity contribution in [3.63, 3.8) is 0 Å². The Balaban J connectivity index is 4.27. The number of likely N-dealkylation sites (N-methyl/N-ethyl adjacent to an activating group) is 1. The first-order valence-electron chi connectivity index (χ1n) is 5.64. The predicted octanol–water partition coefficient (Wildman–Crippen LogP) is 0.851. The van der Waals surface area contributed by atoms with Crippen LogP contribution >= 0.6 is 12.2 Å². The average molecular weight is 245 g/mol. The first-order valence-corrected chi connectivity index (χ1v) is 6.05. The van der Waals surface area contributed by atoms with E-state index in [9.17, 15) is 4.79 Å². The number of nitrogens with zero attached hydrogens (tertiary/aromatic N) is 2. The Morgan fingerprint density at radius 2 is 1.94 bits per heavy atom. The highest BCUT2D eigenvalue weighted by Gasteiger charge is 2.16. The number of amides is 1. The molecule has 2 N–H and O–H groups in total. The van der Waals surface area contributed by atoms with E-state index in [2.05, 4.69) is 6.92 Å². The molecule has 0 aliphatic heterocycles. The number of carbonyl (C=O) groups excluding carboxylic acids is 1. The van der Waals surface area contributed by atoms with Crippen LogP contribution in [0, 0.1) is 0 Å². The van der Waals surface area contributed by atoms with Crippen LogP contribution in [0.3, 0.4) is 0 Å². The average Bonchev–Trinajstić information content (AvgIpc) is 2.15. The van der Waals surface area contributed by atoms with E-state index in [1.165, 1.54) is 0 Å². The fraction of sp³-hybridized carbons (Fsp3) is 0.818. The van der Waals surface area contributed by atoms with Gasteiger partial charge in [0.2, 0.25) is 5.91 Å². The van der Waals surface area contributed by atoms with Gasteiger partial charge in [0.15, 0.2) is 0 Å². The molecule has 0 heterocycles. The molecule has 16 heavy (non-hydrogen) atoms. The van der Waals surface area contributed by atoms with Crippen molar-refractivity contribution in [2.75, 3.05) is 26.7 Å². The highest BCUT2D eigenvalue weighted by molar-refractivity contribution is 7.80. The lowest BCUT2D eigenvalue weighted by Crippen LogP contribution is -2.44. The molecule has 0 rings (SSSR count). The lowest BCUT2D eigenvalue weighted by Gasteiger charge is -2.26. The molecule has 0 saturated carbocycles. The largest absolute Gasteiger partial charge is 0.392 e. The summed E-state index contributed by atoms with van der Waals surface area (Å²) >= 11 is 4.87. The zero-order valence-electron chi connectivity index (χ0n) is 10.7. The Labute approximate surface area is 104 Å². The fourth-order valence-corrected chi connectivity index (χ4v) is 1.52. The van der Waals surface area contributed by atoms with Crippen LogP contribution in [0.25, 0.3) is 0 Å². The number of nitrogens with two attached hydrogens (primary N) is 1. The first-order chi connectivity index (χ1) is 7.38. The number of hydrogen-bond acceptors (Lipinski definition) is 3. The summed E-state index contributed by atoms with van der Waals surface area (Å²) in [5.41, 5.74) is 5.50. The lowest BCUT2D eigenvalue weighted by molar-refractivity contribution is -0.132. The molecule has 0 saturated heterocycles. The molecule has 0 aliphatic rings. The van der Waals surface area contributed by atoms with Crippen LogP contribution in [0.1, 0.15) is 27.2 Å². The minimum Gasteiger partial charge on any atom is -0.392 e. The van der Waals surface area contributed by atoms with E-state index >= 15 is 0 Å². The molecular formula is C11H23N3OS. The van der Waals surface area contributed by atoms with Crippen molar-refractivity contribution in [3.8, 4) is 0 Å². The summed E-state index contributed by atoms with van der Waals surface area (Å²) in [6, 6.07) is 0.223. The molecule has 1 amide bonds. The number of hydrogen-bond donors (Lipinski definition) is 1. The molecular weight excluding hydrogens is 222 g/mol. The van der Waals surface area contributed by atoms with Crippen LogP contribution in [0.4, 0.5) is 0 Å². The minimum absolute atomic E-state index is 0.111. The summed E-state index contributed by atoms with van der Waals surface area (Å²) in [4.78, 5) is 16.0. The summed E-state index contributed by atoms with van der Waals surface area (Å²) in [7, 11) is 1.82. The summed E-state index contributed by atoms with van der Waals surface area (Å²) in [5.74, 6) is 0.111. The molecule has 94 valence electrons. The van der Waals surface area contributed by atoms with Crippen molar-refractivity contribution in [1.29, 1.82) is 0 Å². The zero-order chi connectivity index (χ0) is 12.7. The molecule has 5 heteroatoms. The molecule has 0 bridgehead atoms. The Hall–Kier alpha value is -0.680. The summed E-state index contributed by atoms with van der Waals surface area (Å²) in [6.07, 6.45) is 0.987. The van der Waals surface area contributed by atoms with E-state index in [1.54, 1.807) is 4.90 Å². The van der Waals surface area contributed by atoms with E-state index < -0.39 is 0 Å². The van der Waals surface area contributed by atoms with Crippen LogP contribution in [0.15, 0.2) is 0 Å². The quantitative estimate of drug-likeness (QED) is 0.676. The molecule has 0 fully saturated rings. The second kappa shape index (κ2) is 7.57. The van der Waals surface area contributed by atoms with Gasteiger partial charge in [-0.15, -0.1) is 0 Å². The Morgan fingerprint density at radius 1 is 1.38 bits per heavy atom. The van der Waals surface area contributed by atoms with Gasteiger partial charge in [-0.25, -0.2) is 0 Å². The first kappa shape index (κ1) is 15.3. The monoisotopic (exact) mass is 245 g/mol.